The molecule has 0 bridgehead atoms. The van der Waals surface area contributed by atoms with Crippen LogP contribution in [0.25, 0.3) is 11.1 Å². The molecule has 190 valence electrons. The van der Waals surface area contributed by atoms with Crippen LogP contribution < -0.4 is 16.2 Å². The highest BCUT2D eigenvalue weighted by Crippen LogP contribution is 2.44. The number of hydrogen-bond acceptors (Lipinski definition) is 7. The van der Waals surface area contributed by atoms with Crippen molar-refractivity contribution in [1.82, 2.24) is 25.1 Å². The average molecular weight is 491 g/mol. The number of aromatic nitrogens is 4. The van der Waals surface area contributed by atoms with Gasteiger partial charge in [-0.15, -0.1) is 0 Å². The highest BCUT2D eigenvalue weighted by atomic mass is 16.3. The lowest BCUT2D eigenvalue weighted by molar-refractivity contribution is -0.122. The Morgan fingerprint density at radius 2 is 1.81 bits per heavy atom. The summed E-state index contributed by atoms with van der Waals surface area (Å²) in [6, 6.07) is 7.28. The molecule has 1 amide bonds. The Labute approximate surface area is 211 Å². The predicted molar refractivity (Wildman–Crippen MR) is 138 cm³/mol. The van der Waals surface area contributed by atoms with Crippen LogP contribution in [0.15, 0.2) is 60.0 Å². The van der Waals surface area contributed by atoms with E-state index in [0.717, 1.165) is 18.4 Å². The number of hydrogen-bond donors (Lipinski definition) is 3. The number of nitrogens with one attached hydrogen (secondary N) is 2. The molecule has 1 aliphatic carbocycles. The molecule has 4 rings (SSSR count). The van der Waals surface area contributed by atoms with Gasteiger partial charge in [-0.3, -0.25) is 19.6 Å². The Balaban J connectivity index is 1.58. The third kappa shape index (κ3) is 5.79. The van der Waals surface area contributed by atoms with Gasteiger partial charge in [0.15, 0.2) is 0 Å². The van der Waals surface area contributed by atoms with Crippen LogP contribution in [0.4, 0.5) is 5.69 Å². The summed E-state index contributed by atoms with van der Waals surface area (Å²) in [4.78, 5) is 34.2. The van der Waals surface area contributed by atoms with Gasteiger partial charge in [-0.25, -0.2) is 4.68 Å². The lowest BCUT2D eigenvalue weighted by Crippen LogP contribution is -2.44. The van der Waals surface area contributed by atoms with E-state index in [-0.39, 0.29) is 42.0 Å². The normalized spacial score (nSPS) is 21.1. The van der Waals surface area contributed by atoms with Crippen LogP contribution in [0.5, 0.6) is 0 Å². The first-order chi connectivity index (χ1) is 17.3. The van der Waals surface area contributed by atoms with E-state index in [2.05, 4.69) is 46.5 Å². The van der Waals surface area contributed by atoms with Gasteiger partial charge in [-0.1, -0.05) is 20.8 Å². The number of nitrogens with zero attached hydrogens (tertiary/aromatic N) is 4. The van der Waals surface area contributed by atoms with Crippen molar-refractivity contribution in [2.24, 2.45) is 17.3 Å². The van der Waals surface area contributed by atoms with Gasteiger partial charge in [-0.05, 0) is 65.5 Å². The van der Waals surface area contributed by atoms with Crippen molar-refractivity contribution in [1.29, 1.82) is 0 Å². The van der Waals surface area contributed by atoms with E-state index in [1.807, 2.05) is 12.1 Å². The molecule has 0 spiro atoms. The van der Waals surface area contributed by atoms with Gasteiger partial charge in [0.2, 0.25) is 5.91 Å². The second kappa shape index (κ2) is 11.0. The first kappa shape index (κ1) is 25.5. The summed E-state index contributed by atoms with van der Waals surface area (Å²) < 4.78 is 1.19. The largest absolute Gasteiger partial charge is 0.396 e. The van der Waals surface area contributed by atoms with Crippen LogP contribution >= 0.6 is 0 Å². The van der Waals surface area contributed by atoms with Gasteiger partial charge in [-0.2, -0.15) is 5.10 Å². The predicted octanol–water partition coefficient (Wildman–Crippen LogP) is 2.86. The molecule has 1 saturated carbocycles. The van der Waals surface area contributed by atoms with Crippen molar-refractivity contribution >= 4 is 11.6 Å². The van der Waals surface area contributed by atoms with Crippen LogP contribution in [-0.4, -0.2) is 43.4 Å². The molecule has 9 nitrogen and oxygen atoms in total. The monoisotopic (exact) mass is 490 g/mol. The summed E-state index contributed by atoms with van der Waals surface area (Å²) in [5.74, 6) is 0.194. The number of aliphatic hydroxyl groups is 1. The molecular formula is C27H34N6O3. The van der Waals surface area contributed by atoms with Gasteiger partial charge in [0.25, 0.3) is 5.56 Å². The van der Waals surface area contributed by atoms with E-state index < -0.39 is 0 Å². The smallest absolute Gasteiger partial charge is 0.277 e. The number of carbonyl (C=O) groups excluding carboxylic acids is 1. The Bertz CT molecular complexity index is 1230. The van der Waals surface area contributed by atoms with Crippen LogP contribution in [0.3, 0.4) is 0 Å². The Morgan fingerprint density at radius 1 is 1.14 bits per heavy atom. The van der Waals surface area contributed by atoms with E-state index in [4.69, 9.17) is 0 Å². The molecule has 0 saturated heterocycles. The molecule has 9 heteroatoms. The van der Waals surface area contributed by atoms with E-state index >= 15 is 0 Å². The van der Waals surface area contributed by atoms with E-state index in [1.54, 1.807) is 43.1 Å². The molecule has 0 aromatic carbocycles. The molecule has 36 heavy (non-hydrogen) atoms. The van der Waals surface area contributed by atoms with Crippen molar-refractivity contribution in [2.75, 3.05) is 11.9 Å². The van der Waals surface area contributed by atoms with Gasteiger partial charge in [0, 0.05) is 44.0 Å². The lowest BCUT2D eigenvalue weighted by atomic mass is 9.64. The molecule has 0 aliphatic heterocycles. The third-order valence-corrected chi connectivity index (χ3v) is 7.29. The van der Waals surface area contributed by atoms with Crippen molar-refractivity contribution in [3.63, 3.8) is 0 Å². The summed E-state index contributed by atoms with van der Waals surface area (Å²) in [5, 5.41) is 20.7. The molecule has 0 unspecified atom stereocenters. The summed E-state index contributed by atoms with van der Waals surface area (Å²) in [6.45, 7) is 6.87. The van der Waals surface area contributed by atoms with Crippen molar-refractivity contribution in [3.05, 3.63) is 71.2 Å². The molecular weight excluding hydrogens is 456 g/mol. The maximum absolute atomic E-state index is 13.6. The molecule has 0 radical (unpaired) electrons. The van der Waals surface area contributed by atoms with E-state index in [9.17, 15) is 14.7 Å². The van der Waals surface area contributed by atoms with Crippen LogP contribution in [0, 0.1) is 17.3 Å². The number of aliphatic hydroxyl groups excluding tert-OH is 1. The number of amides is 1. The zero-order valence-corrected chi connectivity index (χ0v) is 21.0. The zero-order valence-electron chi connectivity index (χ0n) is 21.0. The fourth-order valence-corrected chi connectivity index (χ4v) is 5.12. The highest BCUT2D eigenvalue weighted by molar-refractivity contribution is 5.78. The van der Waals surface area contributed by atoms with Crippen LogP contribution in [-0.2, 0) is 17.9 Å². The maximum atomic E-state index is 13.6. The third-order valence-electron chi connectivity index (χ3n) is 7.29. The molecule has 3 heterocycles. The summed E-state index contributed by atoms with van der Waals surface area (Å²) in [6.07, 6.45) is 9.97. The first-order valence-electron chi connectivity index (χ1n) is 12.3. The molecule has 3 aromatic rings. The lowest BCUT2D eigenvalue weighted by Gasteiger charge is -2.45. The summed E-state index contributed by atoms with van der Waals surface area (Å²) in [7, 11) is 0. The minimum atomic E-state index is -0.354. The molecule has 3 aromatic heterocycles. The number of carbonyl (C=O) groups is 1. The number of anilines is 1. The van der Waals surface area contributed by atoms with Gasteiger partial charge in [0.1, 0.15) is 6.54 Å². The van der Waals surface area contributed by atoms with E-state index in [1.165, 1.54) is 4.68 Å². The fraction of sp³-hybridized carbons (Fsp3) is 0.444. The number of pyridine rings is 2. The second-order valence-corrected chi connectivity index (χ2v) is 10.3. The SMILES string of the molecule is C[C@@H]1CC(C)(C)[C@@H](CO)C[C@H]1Nc1cnn(CC(=O)NCc2ccncc2)c(=O)c1-c1ccncc1. The Morgan fingerprint density at radius 3 is 2.47 bits per heavy atom. The summed E-state index contributed by atoms with van der Waals surface area (Å²) in [5.41, 5.74) is 2.38. The second-order valence-electron chi connectivity index (χ2n) is 10.3. The van der Waals surface area contributed by atoms with Crippen molar-refractivity contribution in [2.45, 2.75) is 52.7 Å². The van der Waals surface area contributed by atoms with Crippen LogP contribution in [0.2, 0.25) is 0 Å². The molecule has 3 atom stereocenters. The van der Waals surface area contributed by atoms with Crippen molar-refractivity contribution in [3.8, 4) is 11.1 Å². The molecule has 1 fully saturated rings. The Hall–Kier alpha value is -3.59. The first-order valence-corrected chi connectivity index (χ1v) is 12.3. The highest BCUT2D eigenvalue weighted by Gasteiger charge is 2.40. The molecule has 1 aliphatic rings. The Kier molecular flexibility index (Phi) is 7.79. The van der Waals surface area contributed by atoms with Gasteiger partial charge >= 0.3 is 0 Å². The standard InChI is InChI=1S/C27H34N6O3/c1-18-13-27(2,3)21(17-34)12-22(18)32-23-15-31-33(26(36)25(23)20-6-10-29-11-7-20)16-24(35)30-14-19-4-8-28-9-5-19/h4-11,15,18,21-22,32,34H,12-14,16-17H2,1-3H3,(H,30,35)/t18-,21-,22-/m1/s1. The molecule has 3 N–H and O–H groups in total. The van der Waals surface area contributed by atoms with Gasteiger partial charge < -0.3 is 15.7 Å². The zero-order chi connectivity index (χ0) is 25.7. The quantitative estimate of drug-likeness (QED) is 0.444. The van der Waals surface area contributed by atoms with Crippen LogP contribution in [0.1, 0.15) is 39.2 Å². The minimum absolute atomic E-state index is 0.0472. The summed E-state index contributed by atoms with van der Waals surface area (Å²) >= 11 is 0. The van der Waals surface area contributed by atoms with E-state index in [0.29, 0.717) is 29.3 Å². The minimum Gasteiger partial charge on any atom is -0.396 e. The fourth-order valence-electron chi connectivity index (χ4n) is 5.12. The van der Waals surface area contributed by atoms with Gasteiger partial charge in [0.05, 0.1) is 17.4 Å². The topological polar surface area (TPSA) is 122 Å². The number of rotatable bonds is 8. The van der Waals surface area contributed by atoms with Crippen molar-refractivity contribution < 1.29 is 9.90 Å². The maximum Gasteiger partial charge on any atom is 0.277 e. The average Bonchev–Trinajstić information content (AvgIpc) is 2.87.